The Morgan fingerprint density at radius 2 is 2.18 bits per heavy atom. The van der Waals surface area contributed by atoms with Crippen LogP contribution >= 0.6 is 11.6 Å². The number of alkyl halides is 1. The molecule has 2 N–H and O–H groups in total. The topological polar surface area (TPSA) is 129 Å². The van der Waals surface area contributed by atoms with Crippen LogP contribution in [0.3, 0.4) is 0 Å². The van der Waals surface area contributed by atoms with Gasteiger partial charge in [0.05, 0.1) is 52.7 Å². The van der Waals surface area contributed by atoms with Crippen LogP contribution in [-0.2, 0) is 9.59 Å². The molecule has 4 aromatic rings. The fraction of sp³-hybridized carbons (Fsp3) is 0.273. The van der Waals surface area contributed by atoms with Gasteiger partial charge in [0.1, 0.15) is 17.8 Å². The minimum absolute atomic E-state index is 0.0288. The van der Waals surface area contributed by atoms with E-state index in [1.165, 1.54) is 25.5 Å². The minimum Gasteiger partial charge on any atom is -0.309 e. The molecule has 0 saturated heterocycles. The average Bonchev–Trinajstić information content (AvgIpc) is 3.17. The number of amides is 1. The molecule has 1 fully saturated rings. The maximum Gasteiger partial charge on any atom is 0.231 e. The molecule has 1 saturated carbocycles. The Morgan fingerprint density at radius 1 is 1.41 bits per heavy atom. The Bertz CT molecular complexity index is 1520. The van der Waals surface area contributed by atoms with Gasteiger partial charge in [-0.3, -0.25) is 19.7 Å². The molecule has 1 aliphatic rings. The second-order valence-electron chi connectivity index (χ2n) is 8.17. The number of benzene rings is 1. The van der Waals surface area contributed by atoms with E-state index in [0.717, 1.165) is 0 Å². The van der Waals surface area contributed by atoms with Gasteiger partial charge in [0.15, 0.2) is 11.5 Å². The lowest BCUT2D eigenvalue weighted by molar-refractivity contribution is -0.118. The van der Waals surface area contributed by atoms with Crippen molar-refractivity contribution in [1.82, 2.24) is 24.6 Å². The molecule has 9 nitrogen and oxygen atoms in total. The number of carbonyl (C=O) groups is 2. The zero-order valence-corrected chi connectivity index (χ0v) is 18.4. The summed E-state index contributed by atoms with van der Waals surface area (Å²) in [6.45, 7) is 1.32. The number of anilines is 1. The summed E-state index contributed by atoms with van der Waals surface area (Å²) in [5.41, 5.74) is 1.14. The summed E-state index contributed by atoms with van der Waals surface area (Å²) < 4.78 is 30.1. The van der Waals surface area contributed by atoms with E-state index in [0.29, 0.717) is 11.0 Å². The first-order valence-electron chi connectivity index (χ1n) is 10.3. The minimum atomic E-state index is -1.13. The summed E-state index contributed by atoms with van der Waals surface area (Å²) in [6, 6.07) is 1.96. The average molecular weight is 484 g/mol. The van der Waals surface area contributed by atoms with Crippen molar-refractivity contribution in [3.63, 3.8) is 0 Å². The molecule has 3 atom stereocenters. The molecule has 172 valence electrons. The van der Waals surface area contributed by atoms with E-state index in [1.54, 1.807) is 10.6 Å². The Kier molecular flexibility index (Phi) is 5.25. The monoisotopic (exact) mass is 483 g/mol. The zero-order valence-electron chi connectivity index (χ0n) is 17.6. The number of aromatic amines is 1. The van der Waals surface area contributed by atoms with Crippen LogP contribution in [0.15, 0.2) is 24.8 Å². The predicted molar refractivity (Wildman–Crippen MR) is 118 cm³/mol. The Morgan fingerprint density at radius 3 is 2.85 bits per heavy atom. The number of halogens is 3. The van der Waals surface area contributed by atoms with Crippen molar-refractivity contribution in [3.8, 4) is 17.3 Å². The molecule has 1 amide bonds. The molecule has 1 aliphatic carbocycles. The molecule has 0 aliphatic heterocycles. The molecule has 5 rings (SSSR count). The number of nitriles is 1. The number of rotatable bonds is 6. The molecule has 0 spiro atoms. The van der Waals surface area contributed by atoms with E-state index in [2.05, 4.69) is 25.5 Å². The van der Waals surface area contributed by atoms with Gasteiger partial charge in [-0.15, -0.1) is 0 Å². The number of aromatic nitrogens is 5. The van der Waals surface area contributed by atoms with E-state index >= 15 is 4.39 Å². The van der Waals surface area contributed by atoms with Crippen molar-refractivity contribution >= 4 is 45.7 Å². The van der Waals surface area contributed by atoms with E-state index in [9.17, 15) is 19.2 Å². The standard InChI is InChI=1S/C22H16ClF2N7O2/c1-9(33)2-10(4-26)17-20(25)19(23)18(12-5-28-31-21(12)17)14-7-32-8-15(29-16(32)6-27-14)30-22(34)11-3-13(11)24/h5-8,10-11,13H,2-3H2,1H3,(H,28,31)(H,30,34)/t10?,11-,13+/m1/s1. The van der Waals surface area contributed by atoms with Gasteiger partial charge in [-0.1, -0.05) is 11.6 Å². The second-order valence-corrected chi connectivity index (χ2v) is 8.55. The quantitative estimate of drug-likeness (QED) is 0.427. The fourth-order valence-corrected chi connectivity index (χ4v) is 4.26. The SMILES string of the molecule is CC(=O)CC(C#N)c1c(F)c(Cl)c(-c2cn3cc(NC(=O)[C@@H]4C[C@@H]4F)nc3cn2)c2cn[nH]c12. The van der Waals surface area contributed by atoms with Gasteiger partial charge >= 0.3 is 0 Å². The summed E-state index contributed by atoms with van der Waals surface area (Å²) in [7, 11) is 0. The van der Waals surface area contributed by atoms with E-state index in [-0.39, 0.29) is 51.8 Å². The van der Waals surface area contributed by atoms with Crippen molar-refractivity contribution in [2.24, 2.45) is 5.92 Å². The Hall–Kier alpha value is -3.91. The van der Waals surface area contributed by atoms with Crippen molar-refractivity contribution in [1.29, 1.82) is 5.26 Å². The van der Waals surface area contributed by atoms with E-state index in [1.807, 2.05) is 6.07 Å². The third-order valence-electron chi connectivity index (χ3n) is 5.72. The van der Waals surface area contributed by atoms with Crippen molar-refractivity contribution in [2.75, 3.05) is 5.32 Å². The molecule has 0 radical (unpaired) electrons. The normalized spacial score (nSPS) is 18.1. The first kappa shape index (κ1) is 21.9. The van der Waals surface area contributed by atoms with Gasteiger partial charge in [-0.05, 0) is 13.3 Å². The maximum absolute atomic E-state index is 15.5. The van der Waals surface area contributed by atoms with Gasteiger partial charge in [0.25, 0.3) is 0 Å². The number of nitrogens with zero attached hydrogens (tertiary/aromatic N) is 5. The summed E-state index contributed by atoms with van der Waals surface area (Å²) in [5.74, 6) is -3.02. The van der Waals surface area contributed by atoms with Crippen molar-refractivity contribution in [3.05, 3.63) is 41.2 Å². The number of carbonyl (C=O) groups excluding carboxylic acids is 2. The third kappa shape index (κ3) is 3.66. The first-order valence-corrected chi connectivity index (χ1v) is 10.7. The van der Waals surface area contributed by atoms with Crippen LogP contribution in [0.1, 0.15) is 31.2 Å². The second kappa shape index (κ2) is 8.14. The highest BCUT2D eigenvalue weighted by atomic mass is 35.5. The summed E-state index contributed by atoms with van der Waals surface area (Å²) >= 11 is 6.42. The highest BCUT2D eigenvalue weighted by Crippen LogP contribution is 2.41. The molecular formula is C22H16ClF2N7O2. The van der Waals surface area contributed by atoms with Crippen LogP contribution in [0.25, 0.3) is 27.8 Å². The number of H-pyrrole nitrogens is 1. The largest absolute Gasteiger partial charge is 0.309 e. The van der Waals surface area contributed by atoms with Crippen LogP contribution in [-0.4, -0.2) is 42.4 Å². The summed E-state index contributed by atoms with van der Waals surface area (Å²) in [4.78, 5) is 32.2. The van der Waals surface area contributed by atoms with Crippen LogP contribution < -0.4 is 5.32 Å². The highest BCUT2D eigenvalue weighted by molar-refractivity contribution is 6.35. The number of ketones is 1. The molecule has 12 heteroatoms. The van der Waals surface area contributed by atoms with Gasteiger partial charge in [0.2, 0.25) is 5.91 Å². The number of hydrogen-bond donors (Lipinski definition) is 2. The number of hydrogen-bond acceptors (Lipinski definition) is 6. The number of Topliss-reactive ketones (excluding diaryl/α,β-unsaturated/α-hetero) is 1. The smallest absolute Gasteiger partial charge is 0.231 e. The predicted octanol–water partition coefficient (Wildman–Crippen LogP) is 3.95. The number of nitrogens with one attached hydrogen (secondary N) is 2. The maximum atomic E-state index is 15.5. The van der Waals surface area contributed by atoms with Gasteiger partial charge in [-0.25, -0.2) is 13.8 Å². The molecular weight excluding hydrogens is 468 g/mol. The summed E-state index contributed by atoms with van der Waals surface area (Å²) in [6.07, 6.45) is 4.84. The van der Waals surface area contributed by atoms with Crippen molar-refractivity contribution in [2.45, 2.75) is 31.9 Å². The lowest BCUT2D eigenvalue weighted by Gasteiger charge is -2.15. The lowest BCUT2D eigenvalue weighted by Crippen LogP contribution is -2.15. The fourth-order valence-electron chi connectivity index (χ4n) is 3.96. The van der Waals surface area contributed by atoms with Crippen molar-refractivity contribution < 1.29 is 18.4 Å². The van der Waals surface area contributed by atoms with Gasteiger partial charge in [0, 0.05) is 29.1 Å². The molecule has 0 bridgehead atoms. The molecule has 1 unspecified atom stereocenters. The van der Waals surface area contributed by atoms with Crippen LogP contribution in [0.5, 0.6) is 0 Å². The first-order chi connectivity index (χ1) is 16.3. The zero-order chi connectivity index (χ0) is 24.1. The Labute approximate surface area is 195 Å². The number of fused-ring (bicyclic) bond motifs is 2. The highest BCUT2D eigenvalue weighted by Gasteiger charge is 2.43. The molecule has 3 heterocycles. The number of imidazole rings is 1. The summed E-state index contributed by atoms with van der Waals surface area (Å²) in [5, 5.41) is 19.0. The Balaban J connectivity index is 1.58. The van der Waals surface area contributed by atoms with Gasteiger partial charge in [-0.2, -0.15) is 10.4 Å². The van der Waals surface area contributed by atoms with E-state index in [4.69, 9.17) is 11.6 Å². The van der Waals surface area contributed by atoms with Gasteiger partial charge < -0.3 is 9.72 Å². The van der Waals surface area contributed by atoms with Crippen LogP contribution in [0.4, 0.5) is 14.6 Å². The van der Waals surface area contributed by atoms with Crippen LogP contribution in [0, 0.1) is 23.1 Å². The lowest BCUT2D eigenvalue weighted by atomic mass is 9.91. The van der Waals surface area contributed by atoms with Crippen LogP contribution in [0.2, 0.25) is 5.02 Å². The molecule has 1 aromatic carbocycles. The van der Waals surface area contributed by atoms with E-state index < -0.39 is 29.7 Å². The third-order valence-corrected chi connectivity index (χ3v) is 6.08. The molecule has 3 aromatic heterocycles. The molecule has 34 heavy (non-hydrogen) atoms.